The molecular weight excluding hydrogens is 414 g/mol. The zero-order valence-corrected chi connectivity index (χ0v) is 18.8. The third-order valence-electron chi connectivity index (χ3n) is 6.72. The van der Waals surface area contributed by atoms with Gasteiger partial charge in [0.15, 0.2) is 5.69 Å². The van der Waals surface area contributed by atoms with Gasteiger partial charge in [-0.25, -0.2) is 0 Å². The summed E-state index contributed by atoms with van der Waals surface area (Å²) in [6, 6.07) is 7.87. The summed E-state index contributed by atoms with van der Waals surface area (Å²) in [5.74, 6) is 2.52. The van der Waals surface area contributed by atoms with Crippen molar-refractivity contribution in [1.82, 2.24) is 15.0 Å². The lowest BCUT2D eigenvalue weighted by atomic mass is 9.82. The highest BCUT2D eigenvalue weighted by molar-refractivity contribution is 6.31. The van der Waals surface area contributed by atoms with Gasteiger partial charge in [0.25, 0.3) is 5.91 Å². The Bertz CT molecular complexity index is 930. The minimum atomic E-state index is -0.0691. The Hall–Kier alpha value is -2.05. The molecule has 1 aliphatic heterocycles. The van der Waals surface area contributed by atoms with Crippen molar-refractivity contribution in [3.8, 4) is 5.75 Å². The largest absolute Gasteiger partial charge is 0.490 e. The third-order valence-corrected chi connectivity index (χ3v) is 7.07. The molecule has 1 aromatic heterocycles. The molecule has 1 saturated heterocycles. The molecule has 0 spiro atoms. The number of halogens is 1. The normalized spacial score (nSPS) is 23.5. The number of rotatable bonds is 8. The fraction of sp³-hybridized carbons (Fsp3) is 0.583. The van der Waals surface area contributed by atoms with Gasteiger partial charge in [0.05, 0.1) is 6.10 Å². The van der Waals surface area contributed by atoms with Gasteiger partial charge in [0.2, 0.25) is 0 Å². The van der Waals surface area contributed by atoms with Crippen LogP contribution in [0, 0.1) is 5.92 Å². The van der Waals surface area contributed by atoms with E-state index >= 15 is 0 Å². The highest BCUT2D eigenvalue weighted by Crippen LogP contribution is 2.40. The maximum atomic E-state index is 12.6. The van der Waals surface area contributed by atoms with Crippen LogP contribution in [-0.4, -0.2) is 53.6 Å². The summed E-state index contributed by atoms with van der Waals surface area (Å²) in [7, 11) is 1.83. The smallest absolute Gasteiger partial charge is 0.275 e. The fourth-order valence-electron chi connectivity index (χ4n) is 4.64. The molecule has 0 N–H and O–H groups in total. The molecule has 3 aliphatic rings. The van der Waals surface area contributed by atoms with Crippen LogP contribution in [0.2, 0.25) is 5.02 Å². The van der Waals surface area contributed by atoms with Crippen LogP contribution in [0.25, 0.3) is 0 Å². The van der Waals surface area contributed by atoms with Crippen molar-refractivity contribution in [2.24, 2.45) is 5.92 Å². The highest BCUT2D eigenvalue weighted by Gasteiger charge is 2.34. The first-order valence-corrected chi connectivity index (χ1v) is 11.8. The van der Waals surface area contributed by atoms with Gasteiger partial charge in [-0.05, 0) is 75.2 Å². The van der Waals surface area contributed by atoms with E-state index in [2.05, 4.69) is 16.1 Å². The van der Waals surface area contributed by atoms with Crippen molar-refractivity contribution in [3.05, 3.63) is 46.3 Å². The van der Waals surface area contributed by atoms with E-state index in [9.17, 15) is 4.79 Å². The summed E-state index contributed by atoms with van der Waals surface area (Å²) in [5.41, 5.74) is 1.58. The Morgan fingerprint density at radius 3 is 2.74 bits per heavy atom. The van der Waals surface area contributed by atoms with E-state index in [1.54, 1.807) is 11.0 Å². The maximum Gasteiger partial charge on any atom is 0.275 e. The first kappa shape index (κ1) is 20.8. The molecule has 5 rings (SSSR count). The minimum absolute atomic E-state index is 0.0691. The van der Waals surface area contributed by atoms with Gasteiger partial charge in [0, 0.05) is 37.1 Å². The topological polar surface area (TPSA) is 58.8 Å². The number of amides is 1. The molecule has 0 bridgehead atoms. The lowest BCUT2D eigenvalue weighted by Crippen LogP contribution is -2.42. The van der Waals surface area contributed by atoms with Gasteiger partial charge in [-0.15, -0.1) is 0 Å². The van der Waals surface area contributed by atoms with E-state index in [0.29, 0.717) is 24.1 Å². The molecule has 2 saturated carbocycles. The van der Waals surface area contributed by atoms with E-state index in [4.69, 9.17) is 20.9 Å². The zero-order valence-electron chi connectivity index (χ0n) is 18.1. The quantitative estimate of drug-likeness (QED) is 0.590. The Morgan fingerprint density at radius 2 is 2.03 bits per heavy atom. The molecular formula is C24H30ClN3O3. The van der Waals surface area contributed by atoms with E-state index in [0.717, 1.165) is 61.8 Å². The number of likely N-dealkylation sites (tertiary alicyclic amines) is 1. The molecule has 6 nitrogen and oxygen atoms in total. The fourth-order valence-corrected chi connectivity index (χ4v) is 4.87. The van der Waals surface area contributed by atoms with Gasteiger partial charge in [-0.1, -0.05) is 22.8 Å². The molecule has 0 atom stereocenters. The van der Waals surface area contributed by atoms with Gasteiger partial charge >= 0.3 is 0 Å². The molecule has 2 aliphatic carbocycles. The number of nitrogens with zero attached hydrogens (tertiary/aromatic N) is 3. The minimum Gasteiger partial charge on any atom is -0.490 e. The number of ether oxygens (including phenoxy) is 1. The SMILES string of the molecule is CN(CC1CC(Oc2ccc(CN3CCCC3)c(Cl)c2)C1)C(=O)c1cc(C2CC2)on1. The molecule has 0 radical (unpaired) electrons. The number of aromatic nitrogens is 1. The van der Waals surface area contributed by atoms with Crippen LogP contribution in [0.3, 0.4) is 0 Å². The summed E-state index contributed by atoms with van der Waals surface area (Å²) in [6.07, 6.45) is 6.89. The summed E-state index contributed by atoms with van der Waals surface area (Å²) < 4.78 is 11.4. The van der Waals surface area contributed by atoms with Crippen molar-refractivity contribution < 1.29 is 14.1 Å². The van der Waals surface area contributed by atoms with E-state index < -0.39 is 0 Å². The second-order valence-corrected chi connectivity index (χ2v) is 9.80. The van der Waals surface area contributed by atoms with E-state index in [1.807, 2.05) is 19.2 Å². The van der Waals surface area contributed by atoms with Crippen LogP contribution < -0.4 is 4.74 Å². The molecule has 3 fully saturated rings. The van der Waals surface area contributed by atoms with Crippen LogP contribution in [0.15, 0.2) is 28.8 Å². The monoisotopic (exact) mass is 443 g/mol. The predicted octanol–water partition coefficient (Wildman–Crippen LogP) is 4.73. The molecule has 1 aromatic carbocycles. The van der Waals surface area contributed by atoms with Gasteiger partial charge in [-0.2, -0.15) is 0 Å². The number of benzene rings is 1. The standard InChI is InChI=1S/C24H30ClN3O3/c1-27(24(29)22-13-23(31-26-22)17-4-5-17)14-16-10-20(11-16)30-19-7-6-18(21(25)12-19)15-28-8-2-3-9-28/h6-7,12-13,16-17,20H,2-5,8-11,14-15H2,1H3. The lowest BCUT2D eigenvalue weighted by molar-refractivity contribution is 0.0415. The average Bonchev–Trinajstić information content (AvgIpc) is 3.23. The summed E-state index contributed by atoms with van der Waals surface area (Å²) in [6.45, 7) is 3.94. The summed E-state index contributed by atoms with van der Waals surface area (Å²) >= 11 is 6.50. The number of carbonyl (C=O) groups excluding carboxylic acids is 1. The second kappa shape index (κ2) is 8.83. The molecule has 0 unspecified atom stereocenters. The molecule has 2 aromatic rings. The molecule has 7 heteroatoms. The number of hydrogen-bond donors (Lipinski definition) is 0. The van der Waals surface area contributed by atoms with Crippen LogP contribution in [0.5, 0.6) is 5.75 Å². The predicted molar refractivity (Wildman–Crippen MR) is 119 cm³/mol. The third kappa shape index (κ3) is 4.90. The Labute approximate surface area is 188 Å². The van der Waals surface area contributed by atoms with Crippen LogP contribution in [0.1, 0.15) is 66.3 Å². The van der Waals surface area contributed by atoms with Crippen molar-refractivity contribution in [3.63, 3.8) is 0 Å². The first-order valence-electron chi connectivity index (χ1n) is 11.4. The number of carbonyl (C=O) groups is 1. The maximum absolute atomic E-state index is 12.6. The molecule has 2 heterocycles. The molecule has 166 valence electrons. The Morgan fingerprint density at radius 1 is 1.26 bits per heavy atom. The van der Waals surface area contributed by atoms with Crippen LogP contribution in [-0.2, 0) is 6.54 Å². The van der Waals surface area contributed by atoms with Crippen molar-refractivity contribution >= 4 is 17.5 Å². The number of hydrogen-bond acceptors (Lipinski definition) is 5. The molecule has 31 heavy (non-hydrogen) atoms. The van der Waals surface area contributed by atoms with Gasteiger partial charge < -0.3 is 14.2 Å². The van der Waals surface area contributed by atoms with Crippen LogP contribution >= 0.6 is 11.6 Å². The zero-order chi connectivity index (χ0) is 21.4. The summed E-state index contributed by atoms with van der Waals surface area (Å²) in [5, 5.41) is 4.74. The Balaban J connectivity index is 1.07. The van der Waals surface area contributed by atoms with E-state index in [-0.39, 0.29) is 12.0 Å². The van der Waals surface area contributed by atoms with Crippen molar-refractivity contribution in [1.29, 1.82) is 0 Å². The van der Waals surface area contributed by atoms with Gasteiger partial charge in [0.1, 0.15) is 11.5 Å². The van der Waals surface area contributed by atoms with Crippen molar-refractivity contribution in [2.45, 2.75) is 57.1 Å². The van der Waals surface area contributed by atoms with Gasteiger partial charge in [-0.3, -0.25) is 9.69 Å². The average molecular weight is 444 g/mol. The van der Waals surface area contributed by atoms with E-state index in [1.165, 1.54) is 18.4 Å². The van der Waals surface area contributed by atoms with Crippen LogP contribution in [0.4, 0.5) is 0 Å². The second-order valence-electron chi connectivity index (χ2n) is 9.39. The molecule has 1 amide bonds. The summed E-state index contributed by atoms with van der Waals surface area (Å²) in [4.78, 5) is 16.8. The first-order chi connectivity index (χ1) is 15.0. The Kier molecular flexibility index (Phi) is 5.93. The highest BCUT2D eigenvalue weighted by atomic mass is 35.5. The lowest BCUT2D eigenvalue weighted by Gasteiger charge is -2.37. The van der Waals surface area contributed by atoms with Crippen molar-refractivity contribution in [2.75, 3.05) is 26.7 Å².